The summed E-state index contributed by atoms with van der Waals surface area (Å²) in [6.07, 6.45) is 0.0515. The number of rotatable bonds is 6. The first-order valence-electron chi connectivity index (χ1n) is 5.76. The van der Waals surface area contributed by atoms with Crippen molar-refractivity contribution in [3.63, 3.8) is 0 Å². The molecular weight excluding hydrogens is 238 g/mol. The van der Waals surface area contributed by atoms with Crippen LogP contribution in [0.4, 0.5) is 10.8 Å². The summed E-state index contributed by atoms with van der Waals surface area (Å²) in [6, 6.07) is 0.261. The van der Waals surface area contributed by atoms with Gasteiger partial charge in [0.25, 0.3) is 0 Å². The number of hydrogen-bond donors (Lipinski definition) is 2. The molecule has 17 heavy (non-hydrogen) atoms. The van der Waals surface area contributed by atoms with E-state index in [-0.39, 0.29) is 18.8 Å². The summed E-state index contributed by atoms with van der Waals surface area (Å²) in [4.78, 5) is 2.05. The van der Waals surface area contributed by atoms with Gasteiger partial charge in [-0.1, -0.05) is 0 Å². The molecule has 0 aliphatic heterocycles. The Morgan fingerprint density at radius 2 is 2.06 bits per heavy atom. The molecule has 1 rings (SSSR count). The number of ether oxygens (including phenoxy) is 1. The SMILES string of the molecule is CC(C)Oc1c(N)nsc1N(CCO)C(C)C. The molecule has 0 fully saturated rings. The van der Waals surface area contributed by atoms with Gasteiger partial charge >= 0.3 is 0 Å². The molecule has 5 nitrogen and oxygen atoms in total. The number of aliphatic hydroxyl groups excluding tert-OH is 1. The van der Waals surface area contributed by atoms with Crippen molar-refractivity contribution in [2.75, 3.05) is 23.8 Å². The lowest BCUT2D eigenvalue weighted by molar-refractivity contribution is 0.244. The first kappa shape index (κ1) is 14.1. The molecule has 1 heterocycles. The fourth-order valence-corrected chi connectivity index (χ4v) is 2.43. The fraction of sp³-hybridized carbons (Fsp3) is 0.727. The zero-order chi connectivity index (χ0) is 13.0. The van der Waals surface area contributed by atoms with Crippen molar-refractivity contribution >= 4 is 22.4 Å². The maximum Gasteiger partial charge on any atom is 0.198 e. The van der Waals surface area contributed by atoms with Gasteiger partial charge in [0.1, 0.15) is 0 Å². The number of aliphatic hydroxyl groups is 1. The van der Waals surface area contributed by atoms with Gasteiger partial charge in [0.15, 0.2) is 16.6 Å². The number of hydrogen-bond acceptors (Lipinski definition) is 6. The molecule has 1 aromatic rings. The van der Waals surface area contributed by atoms with Crippen molar-refractivity contribution in [1.29, 1.82) is 0 Å². The van der Waals surface area contributed by atoms with Gasteiger partial charge in [-0.25, -0.2) is 0 Å². The summed E-state index contributed by atoms with van der Waals surface area (Å²) in [5.41, 5.74) is 5.81. The highest BCUT2D eigenvalue weighted by atomic mass is 32.1. The van der Waals surface area contributed by atoms with Crippen molar-refractivity contribution in [3.8, 4) is 5.75 Å². The summed E-state index contributed by atoms with van der Waals surface area (Å²) in [5, 5.41) is 9.99. The van der Waals surface area contributed by atoms with E-state index in [0.717, 1.165) is 5.00 Å². The lowest BCUT2D eigenvalue weighted by Crippen LogP contribution is -2.33. The van der Waals surface area contributed by atoms with Crippen LogP contribution in [0.5, 0.6) is 5.75 Å². The molecule has 0 saturated heterocycles. The van der Waals surface area contributed by atoms with Crippen LogP contribution in [0, 0.1) is 0 Å². The largest absolute Gasteiger partial charge is 0.484 e. The lowest BCUT2D eigenvalue weighted by atomic mass is 10.3. The van der Waals surface area contributed by atoms with E-state index in [2.05, 4.69) is 18.2 Å². The molecule has 1 aromatic heterocycles. The van der Waals surface area contributed by atoms with E-state index in [1.54, 1.807) is 0 Å². The third kappa shape index (κ3) is 3.47. The van der Waals surface area contributed by atoms with E-state index in [1.165, 1.54) is 11.5 Å². The molecule has 0 aliphatic carbocycles. The molecule has 0 aliphatic rings. The zero-order valence-corrected chi connectivity index (χ0v) is 11.6. The third-order valence-corrected chi connectivity index (χ3v) is 3.12. The summed E-state index contributed by atoms with van der Waals surface area (Å²) in [5.74, 6) is 1.05. The minimum Gasteiger partial charge on any atom is -0.484 e. The number of nitrogens with two attached hydrogens (primary N) is 1. The molecule has 0 aromatic carbocycles. The number of nitrogen functional groups attached to an aromatic ring is 1. The number of anilines is 2. The molecule has 6 heteroatoms. The Morgan fingerprint density at radius 3 is 2.53 bits per heavy atom. The number of aromatic nitrogens is 1. The summed E-state index contributed by atoms with van der Waals surface area (Å²) >= 11 is 1.31. The van der Waals surface area contributed by atoms with Crippen LogP contribution in [0.25, 0.3) is 0 Å². The van der Waals surface area contributed by atoms with Gasteiger partial charge in [0, 0.05) is 12.6 Å². The average Bonchev–Trinajstić information content (AvgIpc) is 2.56. The fourth-order valence-electron chi connectivity index (χ4n) is 1.52. The second kappa shape index (κ2) is 6.07. The van der Waals surface area contributed by atoms with Crippen molar-refractivity contribution in [3.05, 3.63) is 0 Å². The van der Waals surface area contributed by atoms with Crippen LogP contribution in [0.2, 0.25) is 0 Å². The van der Waals surface area contributed by atoms with Crippen LogP contribution in [0.3, 0.4) is 0 Å². The van der Waals surface area contributed by atoms with E-state index < -0.39 is 0 Å². The van der Waals surface area contributed by atoms with Gasteiger partial charge < -0.3 is 20.5 Å². The van der Waals surface area contributed by atoms with Gasteiger partial charge in [-0.2, -0.15) is 4.37 Å². The smallest absolute Gasteiger partial charge is 0.198 e. The van der Waals surface area contributed by atoms with Crippen molar-refractivity contribution < 1.29 is 9.84 Å². The minimum absolute atomic E-state index is 0.0515. The monoisotopic (exact) mass is 259 g/mol. The number of nitrogens with zero attached hydrogens (tertiary/aromatic N) is 2. The molecule has 0 spiro atoms. The molecule has 0 atom stereocenters. The predicted octanol–water partition coefficient (Wildman–Crippen LogP) is 1.72. The molecule has 3 N–H and O–H groups in total. The second-order valence-electron chi connectivity index (χ2n) is 4.38. The van der Waals surface area contributed by atoms with Gasteiger partial charge in [0.2, 0.25) is 0 Å². The molecule has 0 unspecified atom stereocenters. The minimum atomic E-state index is 0.0515. The van der Waals surface area contributed by atoms with E-state index >= 15 is 0 Å². The predicted molar refractivity (Wildman–Crippen MR) is 71.9 cm³/mol. The first-order valence-corrected chi connectivity index (χ1v) is 6.54. The maximum atomic E-state index is 9.10. The van der Waals surface area contributed by atoms with Crippen LogP contribution in [0.1, 0.15) is 27.7 Å². The third-order valence-electron chi connectivity index (χ3n) is 2.24. The Kier molecular flexibility index (Phi) is 5.02. The molecule has 0 radical (unpaired) electrons. The summed E-state index contributed by atoms with van der Waals surface area (Å²) in [7, 11) is 0. The van der Waals surface area contributed by atoms with E-state index in [0.29, 0.717) is 18.1 Å². The quantitative estimate of drug-likeness (QED) is 0.814. The van der Waals surface area contributed by atoms with Crippen LogP contribution in [-0.4, -0.2) is 34.8 Å². The second-order valence-corrected chi connectivity index (χ2v) is 5.13. The standard InChI is InChI=1S/C11H21N3O2S/c1-7(2)14(5-6-15)11-9(16-8(3)4)10(12)13-17-11/h7-8,15H,5-6H2,1-4H3,(H2,12,13). The summed E-state index contributed by atoms with van der Waals surface area (Å²) in [6.45, 7) is 8.67. The van der Waals surface area contributed by atoms with Gasteiger partial charge in [-0.3, -0.25) is 0 Å². The van der Waals surface area contributed by atoms with E-state index in [1.807, 2.05) is 18.7 Å². The Bertz CT molecular complexity index is 352. The van der Waals surface area contributed by atoms with Crippen molar-refractivity contribution in [2.45, 2.75) is 39.8 Å². The van der Waals surface area contributed by atoms with Crippen LogP contribution >= 0.6 is 11.5 Å². The lowest BCUT2D eigenvalue weighted by Gasteiger charge is -2.27. The van der Waals surface area contributed by atoms with E-state index in [4.69, 9.17) is 15.6 Å². The Balaban J connectivity index is 3.01. The van der Waals surface area contributed by atoms with Crippen LogP contribution in [0.15, 0.2) is 0 Å². The highest BCUT2D eigenvalue weighted by molar-refractivity contribution is 7.11. The normalized spacial score (nSPS) is 11.2. The Labute approximate surface area is 106 Å². The van der Waals surface area contributed by atoms with Crippen LogP contribution < -0.4 is 15.4 Å². The van der Waals surface area contributed by atoms with Crippen molar-refractivity contribution in [2.24, 2.45) is 0 Å². The Hall–Kier alpha value is -1.01. The molecular formula is C11H21N3O2S. The molecule has 0 amide bonds. The van der Waals surface area contributed by atoms with E-state index in [9.17, 15) is 0 Å². The summed E-state index contributed by atoms with van der Waals surface area (Å²) < 4.78 is 9.82. The van der Waals surface area contributed by atoms with Crippen molar-refractivity contribution in [1.82, 2.24) is 4.37 Å². The molecule has 98 valence electrons. The molecule has 0 bridgehead atoms. The molecule has 0 saturated carbocycles. The van der Waals surface area contributed by atoms with Gasteiger partial charge in [0.05, 0.1) is 12.7 Å². The average molecular weight is 259 g/mol. The van der Waals surface area contributed by atoms with Gasteiger partial charge in [-0.05, 0) is 39.2 Å². The Morgan fingerprint density at radius 1 is 1.41 bits per heavy atom. The van der Waals surface area contributed by atoms with Gasteiger partial charge in [-0.15, -0.1) is 0 Å². The highest BCUT2D eigenvalue weighted by Gasteiger charge is 2.21. The maximum absolute atomic E-state index is 9.10. The highest BCUT2D eigenvalue weighted by Crippen LogP contribution is 2.39. The van der Waals surface area contributed by atoms with Crippen LogP contribution in [-0.2, 0) is 0 Å². The first-order chi connectivity index (χ1) is 7.97. The topological polar surface area (TPSA) is 71.6 Å². The zero-order valence-electron chi connectivity index (χ0n) is 10.8.